The maximum atomic E-state index is 12.2. The summed E-state index contributed by atoms with van der Waals surface area (Å²) in [6, 6.07) is 0. The van der Waals surface area contributed by atoms with Gasteiger partial charge in [-0.1, -0.05) is 130 Å². The first-order valence-electron chi connectivity index (χ1n) is 32.2. The van der Waals surface area contributed by atoms with Gasteiger partial charge in [-0.15, -0.1) is 0 Å². The highest BCUT2D eigenvalue weighted by atomic mass is 28.4. The van der Waals surface area contributed by atoms with E-state index in [0.717, 1.165) is 38.9 Å². The molecule has 5 aliphatic carbocycles. The zero-order chi connectivity index (χ0) is 60.7. The molecule has 5 aliphatic rings. The third-order valence-corrected chi connectivity index (χ3v) is 41.4. The van der Waals surface area contributed by atoms with Crippen molar-refractivity contribution in [1.82, 2.24) is 0 Å². The minimum atomic E-state index is -1.82. The van der Waals surface area contributed by atoms with Gasteiger partial charge in [-0.2, -0.15) is 0 Å². The van der Waals surface area contributed by atoms with Gasteiger partial charge in [0.05, 0.1) is 13.2 Å². The Balaban J connectivity index is 0.000000515. The SMILES string of the molecule is C.CCO.CCOC(=O)C=CC1CC1(CCO[Si](C)(C)C(C)(C)C)[C@H]1CCC2[C@@H](O[Si](C)(C)C(C)(C)C)CCC[C@@]21C.CCOC(=O)CCCC(C)(CCO[Si](C)(C)C(C)(C)C)[C@H]1CCC2[C@@H](O[Si](C)(C)C(C)(C)C)CCC[C@@]21C. The van der Waals surface area contributed by atoms with Gasteiger partial charge in [0.15, 0.2) is 33.3 Å². The first-order chi connectivity index (χ1) is 35.9. The predicted octanol–water partition coefficient (Wildman–Crippen LogP) is 19.5. The number of carbonyl (C=O) groups is 2. The highest BCUT2D eigenvalue weighted by Crippen LogP contribution is 2.72. The number of carbonyl (C=O) groups excluding carboxylic acids is 2. The third kappa shape index (κ3) is 18.4. The van der Waals surface area contributed by atoms with E-state index in [1.807, 2.05) is 13.8 Å². The molecule has 0 heterocycles. The molecule has 5 fully saturated rings. The van der Waals surface area contributed by atoms with Gasteiger partial charge in [0.2, 0.25) is 0 Å². The fourth-order valence-electron chi connectivity index (χ4n) is 14.4. The van der Waals surface area contributed by atoms with Gasteiger partial charge in [-0.25, -0.2) is 4.79 Å². The number of hydrogen-bond donors (Lipinski definition) is 1. The second kappa shape index (κ2) is 28.9. The Morgan fingerprint density at radius 3 is 1.49 bits per heavy atom. The Kier molecular flexibility index (Phi) is 27.3. The summed E-state index contributed by atoms with van der Waals surface area (Å²) >= 11 is 0. The average Bonchev–Trinajstić information content (AvgIpc) is 3.65. The molecule has 0 saturated heterocycles. The lowest BCUT2D eigenvalue weighted by Gasteiger charge is -2.52. The number of hydrogen-bond acceptors (Lipinski definition) is 9. The van der Waals surface area contributed by atoms with Crippen molar-refractivity contribution < 1.29 is 41.9 Å². The van der Waals surface area contributed by atoms with Crippen LogP contribution in [0.4, 0.5) is 0 Å². The summed E-state index contributed by atoms with van der Waals surface area (Å²) < 4.78 is 38.2. The molecule has 1 N–H and O–H groups in total. The fourth-order valence-corrected chi connectivity index (χ4v) is 19.3. The van der Waals surface area contributed by atoms with Crippen molar-refractivity contribution >= 4 is 45.2 Å². The number of aliphatic hydroxyl groups is 1. The zero-order valence-corrected chi connectivity index (χ0v) is 60.8. The van der Waals surface area contributed by atoms with Crippen LogP contribution in [0.5, 0.6) is 0 Å². The number of aliphatic hydroxyl groups excluding tert-OH is 1. The van der Waals surface area contributed by atoms with Gasteiger partial charge in [0, 0.05) is 44.5 Å². The van der Waals surface area contributed by atoms with Gasteiger partial charge in [-0.3, -0.25) is 4.79 Å². The standard InChI is InChI=1S/C32H60O4Si2.C32H64O4Si2.C2H6O.CH4/c1-13-34-28(33)19-16-24-23-32(24,21-22-35-37(9,10)29(2,3)4)27-18-17-25-26(15-14-20-31(25,27)8)36-38(11,12)30(5,6)7;1-14-34-28(33)18-16-21-31(8,23-24-35-37(10,11)29(2,3)4)27-20-19-25-26(17-15-22-32(25,27)9)36-38(12,13)30(5,6)7;1-2-3;/h16,19,24-27H,13-15,17-18,20-23H2,1-12H3;25-27H,14-24H2,1-13H3;3H,2H2,1H3;1H4/t24?,25?,26-,27-,31-,32?;25?,26-,27+,31?,32-;;/m00../s1. The summed E-state index contributed by atoms with van der Waals surface area (Å²) in [6.07, 6.45) is 23.2. The number of ether oxygens (including phenoxy) is 2. The molecule has 0 radical (unpaired) electrons. The molecule has 80 heavy (non-hydrogen) atoms. The number of allylic oxidation sites excluding steroid dienone is 1. The van der Waals surface area contributed by atoms with E-state index in [2.05, 4.69) is 162 Å². The van der Waals surface area contributed by atoms with Crippen LogP contribution in [0.1, 0.15) is 235 Å². The summed E-state index contributed by atoms with van der Waals surface area (Å²) in [4.78, 5) is 24.4. The molecule has 9 nitrogen and oxygen atoms in total. The van der Waals surface area contributed by atoms with Crippen molar-refractivity contribution in [3.05, 3.63) is 12.2 Å². The van der Waals surface area contributed by atoms with Crippen LogP contribution in [-0.4, -0.2) is 95.6 Å². The molecule has 0 aromatic heterocycles. The molecule has 472 valence electrons. The minimum Gasteiger partial charge on any atom is -0.466 e. The van der Waals surface area contributed by atoms with Crippen molar-refractivity contribution in [3.8, 4) is 0 Å². The molecule has 0 bridgehead atoms. The van der Waals surface area contributed by atoms with E-state index in [1.54, 1.807) is 13.0 Å². The van der Waals surface area contributed by atoms with Gasteiger partial charge < -0.3 is 32.3 Å². The molecule has 13 heteroatoms. The second-order valence-corrected chi connectivity index (χ2v) is 51.7. The quantitative estimate of drug-likeness (QED) is 0.0644. The van der Waals surface area contributed by atoms with E-state index in [-0.39, 0.29) is 57.0 Å². The summed E-state index contributed by atoms with van der Waals surface area (Å²) in [5.41, 5.74) is 0.973. The maximum absolute atomic E-state index is 12.2. The first kappa shape index (κ1) is 75.4. The van der Waals surface area contributed by atoms with Gasteiger partial charge >= 0.3 is 11.9 Å². The highest BCUT2D eigenvalue weighted by Gasteiger charge is 2.66. The molecule has 5 rings (SSSR count). The van der Waals surface area contributed by atoms with Crippen molar-refractivity contribution in [1.29, 1.82) is 0 Å². The molecule has 0 amide bonds. The monoisotopic (exact) mass is 1190 g/mol. The van der Waals surface area contributed by atoms with Gasteiger partial charge in [-0.05, 0) is 228 Å². The molecule has 5 saturated carbocycles. The largest absolute Gasteiger partial charge is 0.466 e. The van der Waals surface area contributed by atoms with Crippen LogP contribution in [0, 0.1) is 51.2 Å². The topological polar surface area (TPSA) is 110 Å². The number of fused-ring (bicyclic) bond motifs is 2. The maximum Gasteiger partial charge on any atom is 0.330 e. The molecule has 11 atom stereocenters. The molecule has 0 spiro atoms. The summed E-state index contributed by atoms with van der Waals surface area (Å²) in [7, 11) is -7.25. The Bertz CT molecular complexity index is 1940. The highest BCUT2D eigenvalue weighted by molar-refractivity contribution is 6.75. The van der Waals surface area contributed by atoms with Crippen LogP contribution in [0.3, 0.4) is 0 Å². The normalized spacial score (nSPS) is 30.2. The van der Waals surface area contributed by atoms with Crippen LogP contribution in [0.25, 0.3) is 0 Å². The Labute approximate surface area is 500 Å². The van der Waals surface area contributed by atoms with Crippen LogP contribution in [-0.2, 0) is 36.8 Å². The van der Waals surface area contributed by atoms with Crippen molar-refractivity contribution in [2.75, 3.05) is 33.0 Å². The number of esters is 2. The van der Waals surface area contributed by atoms with Crippen LogP contribution in [0.2, 0.25) is 72.5 Å². The van der Waals surface area contributed by atoms with E-state index in [9.17, 15) is 9.59 Å². The lowest BCUT2D eigenvalue weighted by atomic mass is 9.56. The van der Waals surface area contributed by atoms with Crippen molar-refractivity contribution in [2.45, 2.75) is 320 Å². The van der Waals surface area contributed by atoms with Crippen molar-refractivity contribution in [2.24, 2.45) is 51.2 Å². The predicted molar refractivity (Wildman–Crippen MR) is 350 cm³/mol. The van der Waals surface area contributed by atoms with Crippen LogP contribution < -0.4 is 0 Å². The Hall–Kier alpha value is -0.652. The lowest BCUT2D eigenvalue weighted by molar-refractivity contribution is -0.143. The van der Waals surface area contributed by atoms with E-state index in [4.69, 9.17) is 32.3 Å². The molecule has 5 unspecified atom stereocenters. The summed E-state index contributed by atoms with van der Waals surface area (Å²) in [5.74, 6) is 2.76. The molecular formula is C67H134O9Si4. The fraction of sp³-hybridized carbons (Fsp3) is 0.940. The Morgan fingerprint density at radius 1 is 0.588 bits per heavy atom. The second-order valence-electron chi connectivity index (χ2n) is 32.6. The first-order valence-corrected chi connectivity index (χ1v) is 43.8. The van der Waals surface area contributed by atoms with Crippen molar-refractivity contribution in [3.63, 3.8) is 0 Å². The summed E-state index contributed by atoms with van der Waals surface area (Å²) in [5, 5.41) is 8.48. The molecule has 0 aliphatic heterocycles. The van der Waals surface area contributed by atoms with Crippen LogP contribution >= 0.6 is 0 Å². The molecular weight excluding hydrogens is 1060 g/mol. The molecule has 0 aromatic rings. The number of rotatable bonds is 22. The third-order valence-electron chi connectivity index (χ3n) is 23.3. The van der Waals surface area contributed by atoms with E-state index in [0.29, 0.717) is 72.3 Å². The van der Waals surface area contributed by atoms with Crippen LogP contribution in [0.15, 0.2) is 12.2 Å². The Morgan fingerprint density at radius 2 is 1.02 bits per heavy atom. The smallest absolute Gasteiger partial charge is 0.330 e. The van der Waals surface area contributed by atoms with E-state index >= 15 is 0 Å². The van der Waals surface area contributed by atoms with E-state index in [1.165, 1.54) is 70.6 Å². The average molecular weight is 1200 g/mol. The van der Waals surface area contributed by atoms with Gasteiger partial charge in [0.25, 0.3) is 0 Å². The zero-order valence-electron chi connectivity index (χ0n) is 56.8. The van der Waals surface area contributed by atoms with Gasteiger partial charge in [0.1, 0.15) is 0 Å². The molecule has 0 aromatic carbocycles. The summed E-state index contributed by atoms with van der Waals surface area (Å²) in [6.45, 7) is 63.2. The minimum absolute atomic E-state index is 0. The van der Waals surface area contributed by atoms with E-state index < -0.39 is 33.3 Å². The lowest BCUT2D eigenvalue weighted by Crippen LogP contribution is -2.51.